The van der Waals surface area contributed by atoms with Crippen LogP contribution < -0.4 is 0 Å². The molecule has 0 atom stereocenters. The molecule has 0 aliphatic rings. The maximum atomic E-state index is 12.0. The zero-order valence-corrected chi connectivity index (χ0v) is 13.3. The monoisotopic (exact) mass is 332 g/mol. The molecule has 22 heavy (non-hydrogen) atoms. The van der Waals surface area contributed by atoms with Gasteiger partial charge in [-0.05, 0) is 30.3 Å². The normalized spacial score (nSPS) is 11.5. The van der Waals surface area contributed by atoms with Gasteiger partial charge in [-0.25, -0.2) is 13.1 Å². The van der Waals surface area contributed by atoms with Crippen LogP contribution in [0.25, 0.3) is 16.9 Å². The van der Waals surface area contributed by atoms with Crippen LogP contribution in [0.15, 0.2) is 65.7 Å². The zero-order valence-electron chi connectivity index (χ0n) is 11.8. The van der Waals surface area contributed by atoms with Gasteiger partial charge in [0.25, 0.3) is 0 Å². The van der Waals surface area contributed by atoms with Crippen molar-refractivity contribution in [2.24, 2.45) is 0 Å². The summed E-state index contributed by atoms with van der Waals surface area (Å²) in [5.41, 5.74) is 2.23. The third-order valence-corrected chi connectivity index (χ3v) is 4.67. The minimum absolute atomic E-state index is 0.244. The second kappa shape index (κ2) is 5.59. The number of aromatic nitrogens is 2. The fourth-order valence-corrected chi connectivity index (χ4v) is 3.27. The summed E-state index contributed by atoms with van der Waals surface area (Å²) in [4.78, 5) is 0.244. The van der Waals surface area contributed by atoms with E-state index in [0.29, 0.717) is 10.7 Å². The molecule has 0 saturated carbocycles. The molecule has 0 aliphatic heterocycles. The lowest BCUT2D eigenvalue weighted by atomic mass is 10.1. The lowest BCUT2D eigenvalue weighted by Crippen LogP contribution is -2.07. The molecule has 4 nitrogen and oxygen atoms in total. The molecule has 112 valence electrons. The summed E-state index contributed by atoms with van der Waals surface area (Å²) in [6, 6.07) is 16.0. The van der Waals surface area contributed by atoms with E-state index in [1.807, 2.05) is 18.2 Å². The Morgan fingerprint density at radius 1 is 1.00 bits per heavy atom. The van der Waals surface area contributed by atoms with E-state index in [1.165, 1.54) is 6.26 Å². The van der Waals surface area contributed by atoms with Gasteiger partial charge >= 0.3 is 0 Å². The van der Waals surface area contributed by atoms with Gasteiger partial charge in [0.1, 0.15) is 0 Å². The summed E-state index contributed by atoms with van der Waals surface area (Å²) in [5.74, 6) is 0. The summed E-state index contributed by atoms with van der Waals surface area (Å²) in [6.07, 6.45) is 2.83. The Bertz CT molecular complexity index is 915. The summed E-state index contributed by atoms with van der Waals surface area (Å²) >= 11 is 5.91. The molecule has 0 saturated heterocycles. The van der Waals surface area contributed by atoms with Crippen LogP contribution >= 0.6 is 11.6 Å². The van der Waals surface area contributed by atoms with Gasteiger partial charge in [0.2, 0.25) is 0 Å². The van der Waals surface area contributed by atoms with Crippen molar-refractivity contribution >= 4 is 21.4 Å². The smallest absolute Gasteiger partial charge is 0.177 e. The molecule has 2 aromatic carbocycles. The fourth-order valence-electron chi connectivity index (χ4n) is 2.28. The van der Waals surface area contributed by atoms with Crippen LogP contribution in [0, 0.1) is 0 Å². The van der Waals surface area contributed by atoms with E-state index in [4.69, 9.17) is 11.6 Å². The van der Waals surface area contributed by atoms with E-state index >= 15 is 0 Å². The van der Waals surface area contributed by atoms with Crippen molar-refractivity contribution in [2.75, 3.05) is 6.26 Å². The van der Waals surface area contributed by atoms with Gasteiger partial charge in [-0.15, -0.1) is 0 Å². The van der Waals surface area contributed by atoms with Crippen molar-refractivity contribution in [3.63, 3.8) is 0 Å². The molecule has 0 aliphatic carbocycles. The molecular formula is C16H13ClN2O2S. The van der Waals surface area contributed by atoms with E-state index in [9.17, 15) is 8.42 Å². The number of benzene rings is 2. The van der Waals surface area contributed by atoms with E-state index in [2.05, 4.69) is 5.10 Å². The molecule has 3 aromatic rings. The van der Waals surface area contributed by atoms with E-state index in [1.54, 1.807) is 47.3 Å². The van der Waals surface area contributed by atoms with E-state index in [0.717, 1.165) is 11.3 Å². The number of halogens is 1. The average Bonchev–Trinajstić information content (AvgIpc) is 2.96. The molecule has 0 bridgehead atoms. The lowest BCUT2D eigenvalue weighted by Gasteiger charge is -2.11. The van der Waals surface area contributed by atoms with Crippen molar-refractivity contribution in [3.8, 4) is 16.9 Å². The first-order valence-corrected chi connectivity index (χ1v) is 8.83. The van der Waals surface area contributed by atoms with Crippen molar-refractivity contribution < 1.29 is 8.42 Å². The fraction of sp³-hybridized carbons (Fsp3) is 0.0625. The Hall–Kier alpha value is -2.11. The maximum Gasteiger partial charge on any atom is 0.177 e. The predicted octanol–water partition coefficient (Wildman–Crippen LogP) is 3.60. The number of rotatable bonds is 3. The van der Waals surface area contributed by atoms with Gasteiger partial charge in [0.05, 0.1) is 22.5 Å². The second-order valence-electron chi connectivity index (χ2n) is 4.88. The molecule has 0 spiro atoms. The van der Waals surface area contributed by atoms with Crippen molar-refractivity contribution in [3.05, 3.63) is 65.8 Å². The Morgan fingerprint density at radius 3 is 2.36 bits per heavy atom. The minimum atomic E-state index is -3.35. The highest BCUT2D eigenvalue weighted by Crippen LogP contribution is 2.27. The SMILES string of the molecule is CS(=O)(=O)c1ccccc1-n1nccc1-c1ccc(Cl)cc1. The topological polar surface area (TPSA) is 52.0 Å². The quantitative estimate of drug-likeness (QED) is 0.736. The third-order valence-electron chi connectivity index (χ3n) is 3.28. The molecule has 0 radical (unpaired) electrons. The highest BCUT2D eigenvalue weighted by molar-refractivity contribution is 7.90. The van der Waals surface area contributed by atoms with Crippen molar-refractivity contribution in [1.82, 2.24) is 9.78 Å². The van der Waals surface area contributed by atoms with Crippen LogP contribution in [-0.2, 0) is 9.84 Å². The number of nitrogens with zero attached hydrogens (tertiary/aromatic N) is 2. The molecule has 0 fully saturated rings. The van der Waals surface area contributed by atoms with Crippen molar-refractivity contribution in [2.45, 2.75) is 4.90 Å². The highest BCUT2D eigenvalue weighted by atomic mass is 35.5. The maximum absolute atomic E-state index is 12.0. The second-order valence-corrected chi connectivity index (χ2v) is 7.30. The molecule has 6 heteroatoms. The van der Waals surface area contributed by atoms with E-state index < -0.39 is 9.84 Å². The molecule has 3 rings (SSSR count). The van der Waals surface area contributed by atoms with Crippen molar-refractivity contribution in [1.29, 1.82) is 0 Å². The van der Waals surface area contributed by atoms with Gasteiger partial charge in [-0.1, -0.05) is 35.9 Å². The average molecular weight is 333 g/mol. The Labute approximate surface area is 133 Å². The number of para-hydroxylation sites is 1. The number of hydrogen-bond donors (Lipinski definition) is 0. The van der Waals surface area contributed by atoms with Gasteiger partial charge in [-0.3, -0.25) is 0 Å². The first-order valence-electron chi connectivity index (χ1n) is 6.56. The van der Waals surface area contributed by atoms with Crippen LogP contribution in [-0.4, -0.2) is 24.5 Å². The molecule has 0 unspecified atom stereocenters. The summed E-state index contributed by atoms with van der Waals surface area (Å²) in [5, 5.41) is 4.92. The van der Waals surface area contributed by atoms with Crippen LogP contribution in [0.5, 0.6) is 0 Å². The summed E-state index contributed by atoms with van der Waals surface area (Å²) in [7, 11) is -3.35. The van der Waals surface area contributed by atoms with Crippen LogP contribution in [0.2, 0.25) is 5.02 Å². The van der Waals surface area contributed by atoms with Gasteiger partial charge in [0.15, 0.2) is 9.84 Å². The summed E-state index contributed by atoms with van der Waals surface area (Å²) < 4.78 is 25.6. The molecular weight excluding hydrogens is 320 g/mol. The molecule has 1 heterocycles. The van der Waals surface area contributed by atoms with Crippen LogP contribution in [0.3, 0.4) is 0 Å². The minimum Gasteiger partial charge on any atom is -0.232 e. The molecule has 0 N–H and O–H groups in total. The third kappa shape index (κ3) is 2.77. The number of hydrogen-bond acceptors (Lipinski definition) is 3. The largest absolute Gasteiger partial charge is 0.232 e. The van der Waals surface area contributed by atoms with Crippen LogP contribution in [0.1, 0.15) is 0 Å². The van der Waals surface area contributed by atoms with Gasteiger partial charge in [0, 0.05) is 16.8 Å². The Morgan fingerprint density at radius 2 is 1.68 bits per heavy atom. The Balaban J connectivity index is 2.20. The first kappa shape index (κ1) is 14.8. The molecule has 1 aromatic heterocycles. The van der Waals surface area contributed by atoms with E-state index in [-0.39, 0.29) is 4.90 Å². The highest BCUT2D eigenvalue weighted by Gasteiger charge is 2.17. The Kier molecular flexibility index (Phi) is 3.76. The predicted molar refractivity (Wildman–Crippen MR) is 87.1 cm³/mol. The van der Waals surface area contributed by atoms with Gasteiger partial charge < -0.3 is 0 Å². The standard InChI is InChI=1S/C16H13ClN2O2S/c1-22(20,21)16-5-3-2-4-15(16)19-14(10-11-18-19)12-6-8-13(17)9-7-12/h2-11H,1H3. The molecule has 0 amide bonds. The van der Waals surface area contributed by atoms with Gasteiger partial charge in [-0.2, -0.15) is 5.10 Å². The number of sulfone groups is 1. The first-order chi connectivity index (χ1) is 10.5. The van der Waals surface area contributed by atoms with Crippen LogP contribution in [0.4, 0.5) is 0 Å². The summed E-state index contributed by atoms with van der Waals surface area (Å²) in [6.45, 7) is 0. The zero-order chi connectivity index (χ0) is 15.7. The lowest BCUT2D eigenvalue weighted by molar-refractivity contribution is 0.601.